The van der Waals surface area contributed by atoms with E-state index in [1.807, 2.05) is 27.7 Å². The van der Waals surface area contributed by atoms with Gasteiger partial charge in [-0.25, -0.2) is 0 Å². The SMILES string of the molecule is CC.CC.COC(C)=O.COC(C)=O. The number of rotatable bonds is 0. The van der Waals surface area contributed by atoms with Crippen LogP contribution in [0.3, 0.4) is 0 Å². The van der Waals surface area contributed by atoms with E-state index in [0.29, 0.717) is 0 Å². The van der Waals surface area contributed by atoms with E-state index in [4.69, 9.17) is 0 Å². The molecule has 0 heterocycles. The van der Waals surface area contributed by atoms with Crippen molar-refractivity contribution in [1.29, 1.82) is 0 Å². The van der Waals surface area contributed by atoms with Crippen molar-refractivity contribution < 1.29 is 19.1 Å². The fraction of sp³-hybridized carbons (Fsp3) is 0.800. The summed E-state index contributed by atoms with van der Waals surface area (Å²) >= 11 is 0. The molecule has 0 atom stereocenters. The third-order valence-electron chi connectivity index (χ3n) is 0.575. The molecule has 0 aliphatic heterocycles. The molecule has 0 aromatic rings. The maximum absolute atomic E-state index is 9.59. The summed E-state index contributed by atoms with van der Waals surface area (Å²) in [6, 6.07) is 0. The van der Waals surface area contributed by atoms with E-state index >= 15 is 0 Å². The minimum absolute atomic E-state index is 0.245. The number of carbonyl (C=O) groups is 2. The van der Waals surface area contributed by atoms with Crippen LogP contribution in [0, 0.1) is 0 Å². The first-order chi connectivity index (χ1) is 6.54. The van der Waals surface area contributed by atoms with E-state index in [1.165, 1.54) is 28.1 Å². The first-order valence-electron chi connectivity index (χ1n) is 4.63. The average Bonchev–Trinajstić information content (AvgIpc) is 2.24. The van der Waals surface area contributed by atoms with E-state index in [9.17, 15) is 9.59 Å². The Morgan fingerprint density at radius 2 is 0.786 bits per heavy atom. The third-order valence-corrected chi connectivity index (χ3v) is 0.575. The summed E-state index contributed by atoms with van der Waals surface area (Å²) in [6.07, 6.45) is 0. The van der Waals surface area contributed by atoms with Gasteiger partial charge in [0.15, 0.2) is 0 Å². The molecule has 4 heteroatoms. The van der Waals surface area contributed by atoms with E-state index in [0.717, 1.165) is 0 Å². The van der Waals surface area contributed by atoms with Crippen molar-refractivity contribution in [3.8, 4) is 0 Å². The van der Waals surface area contributed by atoms with Crippen LogP contribution in [-0.4, -0.2) is 26.2 Å². The lowest BCUT2D eigenvalue weighted by Crippen LogP contribution is -1.88. The Hall–Kier alpha value is -1.06. The van der Waals surface area contributed by atoms with Gasteiger partial charge in [0.1, 0.15) is 0 Å². The highest BCUT2D eigenvalue weighted by atomic mass is 16.5. The molecule has 4 nitrogen and oxygen atoms in total. The average molecular weight is 208 g/mol. The predicted molar refractivity (Wildman–Crippen MR) is 58.1 cm³/mol. The monoisotopic (exact) mass is 208 g/mol. The molecule has 0 bridgehead atoms. The molecule has 0 spiro atoms. The van der Waals surface area contributed by atoms with Crippen LogP contribution >= 0.6 is 0 Å². The van der Waals surface area contributed by atoms with Crippen LogP contribution in [0.2, 0.25) is 0 Å². The molecule has 0 fully saturated rings. The Bertz CT molecular complexity index is 96.7. The lowest BCUT2D eigenvalue weighted by molar-refractivity contribution is -0.138. The van der Waals surface area contributed by atoms with Crippen molar-refractivity contribution in [3.05, 3.63) is 0 Å². The Balaban J connectivity index is -0.0000000528. The summed E-state index contributed by atoms with van der Waals surface area (Å²) in [6.45, 7) is 10.7. The minimum Gasteiger partial charge on any atom is -0.469 e. The molecular formula is C10H24O4. The van der Waals surface area contributed by atoms with Crippen LogP contribution in [0.15, 0.2) is 0 Å². The third kappa shape index (κ3) is 125. The largest absolute Gasteiger partial charge is 0.469 e. The summed E-state index contributed by atoms with van der Waals surface area (Å²) in [4.78, 5) is 19.2. The fourth-order valence-corrected chi connectivity index (χ4v) is 0. The predicted octanol–water partition coefficient (Wildman–Crippen LogP) is 2.41. The Morgan fingerprint density at radius 1 is 0.714 bits per heavy atom. The van der Waals surface area contributed by atoms with Crippen molar-refractivity contribution in [2.75, 3.05) is 14.2 Å². The van der Waals surface area contributed by atoms with E-state index in [2.05, 4.69) is 9.47 Å². The molecule has 0 saturated heterocycles. The van der Waals surface area contributed by atoms with Gasteiger partial charge in [0, 0.05) is 13.8 Å². The maximum Gasteiger partial charge on any atom is 0.302 e. The van der Waals surface area contributed by atoms with Gasteiger partial charge in [-0.2, -0.15) is 0 Å². The smallest absolute Gasteiger partial charge is 0.302 e. The quantitative estimate of drug-likeness (QED) is 0.574. The highest BCUT2D eigenvalue weighted by molar-refractivity contribution is 5.65. The van der Waals surface area contributed by atoms with Crippen LogP contribution in [0.25, 0.3) is 0 Å². The van der Waals surface area contributed by atoms with Crippen LogP contribution in [-0.2, 0) is 19.1 Å². The number of carbonyl (C=O) groups excluding carboxylic acids is 2. The molecule has 0 aliphatic carbocycles. The molecule has 0 aromatic carbocycles. The van der Waals surface area contributed by atoms with Crippen LogP contribution in [0.4, 0.5) is 0 Å². The Labute approximate surface area is 87.6 Å². The first-order valence-corrected chi connectivity index (χ1v) is 4.63. The molecule has 0 radical (unpaired) electrons. The van der Waals surface area contributed by atoms with Gasteiger partial charge in [-0.1, -0.05) is 27.7 Å². The number of methoxy groups -OCH3 is 2. The van der Waals surface area contributed by atoms with Crippen molar-refractivity contribution >= 4 is 11.9 Å². The van der Waals surface area contributed by atoms with Gasteiger partial charge < -0.3 is 9.47 Å². The molecular weight excluding hydrogens is 184 g/mol. The van der Waals surface area contributed by atoms with Crippen LogP contribution in [0.5, 0.6) is 0 Å². The topological polar surface area (TPSA) is 52.6 Å². The van der Waals surface area contributed by atoms with Crippen molar-refractivity contribution in [1.82, 2.24) is 0 Å². The zero-order chi connectivity index (χ0) is 12.6. The normalized spacial score (nSPS) is 5.71. The van der Waals surface area contributed by atoms with Crippen molar-refractivity contribution in [2.24, 2.45) is 0 Å². The number of ether oxygens (including phenoxy) is 2. The summed E-state index contributed by atoms with van der Waals surface area (Å²) in [5.41, 5.74) is 0. The van der Waals surface area contributed by atoms with Gasteiger partial charge in [-0.05, 0) is 0 Å². The Kier molecular flexibility index (Phi) is 48.9. The van der Waals surface area contributed by atoms with Crippen LogP contribution in [0.1, 0.15) is 41.5 Å². The fourth-order valence-electron chi connectivity index (χ4n) is 0. The van der Waals surface area contributed by atoms with E-state index < -0.39 is 0 Å². The molecule has 0 saturated carbocycles. The van der Waals surface area contributed by atoms with Gasteiger partial charge in [0.05, 0.1) is 14.2 Å². The molecule has 0 amide bonds. The van der Waals surface area contributed by atoms with Crippen molar-refractivity contribution in [3.63, 3.8) is 0 Å². The number of hydrogen-bond acceptors (Lipinski definition) is 4. The second-order valence-corrected chi connectivity index (χ2v) is 1.39. The van der Waals surface area contributed by atoms with Gasteiger partial charge in [-0.15, -0.1) is 0 Å². The molecule has 0 N–H and O–H groups in total. The number of hydrogen-bond donors (Lipinski definition) is 0. The second-order valence-electron chi connectivity index (χ2n) is 1.39. The summed E-state index contributed by atoms with van der Waals surface area (Å²) in [7, 11) is 2.70. The molecule has 0 rings (SSSR count). The van der Waals surface area contributed by atoms with E-state index in [1.54, 1.807) is 0 Å². The molecule has 14 heavy (non-hydrogen) atoms. The minimum atomic E-state index is -0.245. The van der Waals surface area contributed by atoms with Crippen LogP contribution < -0.4 is 0 Å². The van der Waals surface area contributed by atoms with Crippen molar-refractivity contribution in [2.45, 2.75) is 41.5 Å². The molecule has 0 aliphatic rings. The zero-order valence-corrected chi connectivity index (χ0v) is 10.6. The summed E-state index contributed by atoms with van der Waals surface area (Å²) < 4.78 is 8.22. The maximum atomic E-state index is 9.59. The summed E-state index contributed by atoms with van der Waals surface area (Å²) in [5, 5.41) is 0. The van der Waals surface area contributed by atoms with Gasteiger partial charge >= 0.3 is 11.9 Å². The lowest BCUT2D eigenvalue weighted by Gasteiger charge is -1.80. The Morgan fingerprint density at radius 3 is 0.786 bits per heavy atom. The van der Waals surface area contributed by atoms with E-state index in [-0.39, 0.29) is 11.9 Å². The van der Waals surface area contributed by atoms with Gasteiger partial charge in [-0.3, -0.25) is 9.59 Å². The molecule has 0 unspecified atom stereocenters. The van der Waals surface area contributed by atoms with Gasteiger partial charge in [0.25, 0.3) is 0 Å². The first kappa shape index (κ1) is 23.1. The molecule has 0 aromatic heterocycles. The second kappa shape index (κ2) is 29.7. The highest BCUT2D eigenvalue weighted by Gasteiger charge is 1.76. The van der Waals surface area contributed by atoms with Gasteiger partial charge in [0.2, 0.25) is 0 Å². The number of esters is 2. The highest BCUT2D eigenvalue weighted by Crippen LogP contribution is 1.60. The standard InChI is InChI=1S/2C3H6O2.2C2H6/c2*1-3(4)5-2;2*1-2/h2*1-2H3;2*1-2H3. The summed E-state index contributed by atoms with van der Waals surface area (Å²) in [5.74, 6) is -0.491. The zero-order valence-electron chi connectivity index (χ0n) is 10.6. The lowest BCUT2D eigenvalue weighted by atomic mass is 10.8. The molecule has 88 valence electrons.